The van der Waals surface area contributed by atoms with Gasteiger partial charge < -0.3 is 19.5 Å². The number of hydrogen-bond acceptors (Lipinski definition) is 6. The first kappa shape index (κ1) is 17.4. The Morgan fingerprint density at radius 3 is 2.83 bits per heavy atom. The Morgan fingerprint density at radius 2 is 2.22 bits per heavy atom. The van der Waals surface area contributed by atoms with Crippen LogP contribution in [0.15, 0.2) is 4.52 Å². The minimum absolute atomic E-state index is 0.0130. The number of hydrogen-bond donors (Lipinski definition) is 1. The summed E-state index contributed by atoms with van der Waals surface area (Å²) < 4.78 is 9.98. The third-order valence-corrected chi connectivity index (χ3v) is 3.76. The molecule has 1 fully saturated rings. The lowest BCUT2D eigenvalue weighted by molar-refractivity contribution is -0.132. The molecule has 1 aromatic rings. The minimum Gasteiger partial charge on any atom is -0.384 e. The van der Waals surface area contributed by atoms with E-state index < -0.39 is 0 Å². The fourth-order valence-electron chi connectivity index (χ4n) is 2.49. The Morgan fingerprint density at radius 1 is 1.48 bits per heavy atom. The first-order valence-corrected chi connectivity index (χ1v) is 7.70. The number of carbonyl (C=O) groups excluding carboxylic acids is 2. The predicted octanol–water partition coefficient (Wildman–Crippen LogP) is 0.522. The fourth-order valence-corrected chi connectivity index (χ4v) is 2.49. The van der Waals surface area contributed by atoms with Crippen molar-refractivity contribution in [2.45, 2.75) is 45.7 Å². The number of nitrogens with one attached hydrogen (secondary N) is 1. The van der Waals surface area contributed by atoms with Gasteiger partial charge in [0.15, 0.2) is 5.82 Å². The quantitative estimate of drug-likeness (QED) is 0.819. The summed E-state index contributed by atoms with van der Waals surface area (Å²) in [5, 5.41) is 6.57. The van der Waals surface area contributed by atoms with Crippen LogP contribution in [0.3, 0.4) is 0 Å². The molecule has 1 saturated heterocycles. The lowest BCUT2D eigenvalue weighted by Gasteiger charge is -2.31. The van der Waals surface area contributed by atoms with E-state index in [0.717, 1.165) is 0 Å². The highest BCUT2D eigenvalue weighted by atomic mass is 16.5. The average molecular weight is 324 g/mol. The van der Waals surface area contributed by atoms with Gasteiger partial charge in [-0.2, -0.15) is 4.98 Å². The molecule has 0 aliphatic carbocycles. The minimum atomic E-state index is -0.332. The second kappa shape index (κ2) is 7.08. The van der Waals surface area contributed by atoms with Crippen molar-refractivity contribution in [1.29, 1.82) is 0 Å². The standard InChI is InChI=1S/C15H24N4O4/c1-15(2,3)19-9-10(7-13(19)20)14(21)16-8-11-17-12(23-18-11)5-6-22-4/h10H,5-9H2,1-4H3,(H,16,21)/t10-/m0/s1. The van der Waals surface area contributed by atoms with Crippen molar-refractivity contribution >= 4 is 11.8 Å². The van der Waals surface area contributed by atoms with E-state index in [-0.39, 0.29) is 36.2 Å². The predicted molar refractivity (Wildman–Crippen MR) is 81.3 cm³/mol. The van der Waals surface area contributed by atoms with E-state index in [9.17, 15) is 9.59 Å². The maximum Gasteiger partial charge on any atom is 0.229 e. The van der Waals surface area contributed by atoms with Gasteiger partial charge >= 0.3 is 0 Å². The highest BCUT2D eigenvalue weighted by Crippen LogP contribution is 2.25. The summed E-state index contributed by atoms with van der Waals surface area (Å²) >= 11 is 0. The molecule has 23 heavy (non-hydrogen) atoms. The van der Waals surface area contributed by atoms with Gasteiger partial charge in [0.05, 0.1) is 25.5 Å². The molecule has 0 spiro atoms. The molecule has 2 amide bonds. The van der Waals surface area contributed by atoms with E-state index in [4.69, 9.17) is 9.26 Å². The summed E-state index contributed by atoms with van der Waals surface area (Å²) in [4.78, 5) is 30.1. The topological polar surface area (TPSA) is 97.6 Å². The first-order chi connectivity index (χ1) is 10.8. The zero-order valence-corrected chi connectivity index (χ0v) is 14.1. The van der Waals surface area contributed by atoms with Crippen molar-refractivity contribution in [3.05, 3.63) is 11.7 Å². The lowest BCUT2D eigenvalue weighted by atomic mass is 10.1. The molecular formula is C15H24N4O4. The zero-order valence-electron chi connectivity index (χ0n) is 14.1. The molecule has 1 atom stereocenters. The van der Waals surface area contributed by atoms with Crippen molar-refractivity contribution in [2.24, 2.45) is 5.92 Å². The van der Waals surface area contributed by atoms with Crippen LogP contribution in [0.2, 0.25) is 0 Å². The van der Waals surface area contributed by atoms with Gasteiger partial charge in [0.1, 0.15) is 0 Å². The normalized spacial score (nSPS) is 18.5. The van der Waals surface area contributed by atoms with Crippen LogP contribution >= 0.6 is 0 Å². The molecule has 0 saturated carbocycles. The third-order valence-electron chi connectivity index (χ3n) is 3.76. The zero-order chi connectivity index (χ0) is 17.0. The van der Waals surface area contributed by atoms with Crippen molar-refractivity contribution in [3.8, 4) is 0 Å². The van der Waals surface area contributed by atoms with Gasteiger partial charge in [-0.05, 0) is 20.8 Å². The van der Waals surface area contributed by atoms with Gasteiger partial charge in [0.25, 0.3) is 0 Å². The van der Waals surface area contributed by atoms with Gasteiger partial charge in [-0.15, -0.1) is 0 Å². The third kappa shape index (κ3) is 4.51. The smallest absolute Gasteiger partial charge is 0.229 e. The number of rotatable bonds is 6. The highest BCUT2D eigenvalue weighted by Gasteiger charge is 2.39. The second-order valence-electron chi connectivity index (χ2n) is 6.64. The maximum absolute atomic E-state index is 12.2. The first-order valence-electron chi connectivity index (χ1n) is 7.70. The molecule has 1 aromatic heterocycles. The number of likely N-dealkylation sites (tertiary alicyclic amines) is 1. The van der Waals surface area contributed by atoms with E-state index in [0.29, 0.717) is 31.3 Å². The summed E-state index contributed by atoms with van der Waals surface area (Å²) in [6, 6.07) is 0. The fraction of sp³-hybridized carbons (Fsp3) is 0.733. The SMILES string of the molecule is COCCc1nc(CNC(=O)[C@H]2CC(=O)N(C(C)(C)C)C2)no1. The van der Waals surface area contributed by atoms with Crippen molar-refractivity contribution in [1.82, 2.24) is 20.4 Å². The molecule has 128 valence electrons. The van der Waals surface area contributed by atoms with Crippen LogP contribution in [0.25, 0.3) is 0 Å². The molecule has 2 rings (SSSR count). The van der Waals surface area contributed by atoms with Crippen molar-refractivity contribution in [2.75, 3.05) is 20.3 Å². The van der Waals surface area contributed by atoms with Crippen LogP contribution < -0.4 is 5.32 Å². The summed E-state index contributed by atoms with van der Waals surface area (Å²) in [5.74, 6) is 0.418. The molecule has 1 N–H and O–H groups in total. The monoisotopic (exact) mass is 324 g/mol. The molecular weight excluding hydrogens is 300 g/mol. The molecule has 0 aromatic carbocycles. The number of nitrogens with zero attached hydrogens (tertiary/aromatic N) is 3. The molecule has 1 aliphatic heterocycles. The van der Waals surface area contributed by atoms with Crippen LogP contribution in [0.4, 0.5) is 0 Å². The number of carbonyl (C=O) groups is 2. The number of aromatic nitrogens is 2. The lowest BCUT2D eigenvalue weighted by Crippen LogP contribution is -2.43. The van der Waals surface area contributed by atoms with Gasteiger partial charge in [0, 0.05) is 25.6 Å². The van der Waals surface area contributed by atoms with Crippen LogP contribution in [-0.2, 0) is 27.3 Å². The summed E-state index contributed by atoms with van der Waals surface area (Å²) in [6.07, 6.45) is 0.781. The molecule has 2 heterocycles. The number of ether oxygens (including phenoxy) is 1. The van der Waals surface area contributed by atoms with Crippen LogP contribution in [-0.4, -0.2) is 52.7 Å². The van der Waals surface area contributed by atoms with Crippen LogP contribution in [0.1, 0.15) is 38.9 Å². The van der Waals surface area contributed by atoms with Gasteiger partial charge in [0.2, 0.25) is 17.7 Å². The largest absolute Gasteiger partial charge is 0.384 e. The number of methoxy groups -OCH3 is 1. The maximum atomic E-state index is 12.2. The highest BCUT2D eigenvalue weighted by molar-refractivity contribution is 5.89. The van der Waals surface area contributed by atoms with Gasteiger partial charge in [-0.1, -0.05) is 5.16 Å². The Balaban J connectivity index is 1.83. The summed E-state index contributed by atoms with van der Waals surface area (Å²) in [7, 11) is 1.60. The molecule has 8 nitrogen and oxygen atoms in total. The molecule has 1 aliphatic rings. The van der Waals surface area contributed by atoms with Gasteiger partial charge in [-0.3, -0.25) is 9.59 Å². The Kier molecular flexibility index (Phi) is 5.35. The van der Waals surface area contributed by atoms with Crippen LogP contribution in [0.5, 0.6) is 0 Å². The number of amides is 2. The van der Waals surface area contributed by atoms with Crippen LogP contribution in [0, 0.1) is 5.92 Å². The molecule has 0 unspecified atom stereocenters. The summed E-state index contributed by atoms with van der Waals surface area (Å²) in [5.41, 5.74) is -0.268. The van der Waals surface area contributed by atoms with Crippen molar-refractivity contribution in [3.63, 3.8) is 0 Å². The van der Waals surface area contributed by atoms with E-state index in [1.807, 2.05) is 20.8 Å². The van der Waals surface area contributed by atoms with E-state index >= 15 is 0 Å². The van der Waals surface area contributed by atoms with E-state index in [1.165, 1.54) is 0 Å². The molecule has 0 radical (unpaired) electrons. The van der Waals surface area contributed by atoms with Crippen molar-refractivity contribution < 1.29 is 18.8 Å². The Labute approximate surface area is 135 Å². The second-order valence-corrected chi connectivity index (χ2v) is 6.64. The summed E-state index contributed by atoms with van der Waals surface area (Å²) in [6.45, 7) is 7.03. The molecule has 8 heteroatoms. The Hall–Kier alpha value is -1.96. The Bertz CT molecular complexity index is 564. The van der Waals surface area contributed by atoms with Gasteiger partial charge in [-0.25, -0.2) is 0 Å². The van der Waals surface area contributed by atoms with E-state index in [2.05, 4.69) is 15.5 Å². The molecule has 0 bridgehead atoms. The van der Waals surface area contributed by atoms with E-state index in [1.54, 1.807) is 12.0 Å². The average Bonchev–Trinajstić information content (AvgIpc) is 3.08.